The first-order valence-corrected chi connectivity index (χ1v) is 4.84. The van der Waals surface area contributed by atoms with Crippen molar-refractivity contribution in [2.75, 3.05) is 0 Å². The summed E-state index contributed by atoms with van der Waals surface area (Å²) in [6.07, 6.45) is 1.72. The van der Waals surface area contributed by atoms with Crippen molar-refractivity contribution in [1.82, 2.24) is 4.98 Å². The smallest absolute Gasteiger partial charge is 0.261 e. The minimum atomic E-state index is -0.398. The molecule has 0 spiro atoms. The van der Waals surface area contributed by atoms with Crippen LogP contribution in [-0.4, -0.2) is 9.91 Å². The Bertz CT molecular complexity index is 521. The molecule has 0 saturated heterocycles. The van der Waals surface area contributed by atoms with Crippen LogP contribution in [0.1, 0.15) is 5.69 Å². The Labute approximate surface area is 92.7 Å². The van der Waals surface area contributed by atoms with Crippen molar-refractivity contribution in [2.24, 2.45) is 0 Å². The van der Waals surface area contributed by atoms with Crippen LogP contribution in [0.15, 0.2) is 42.6 Å². The largest absolute Gasteiger partial charge is 0.270 e. The Morgan fingerprint density at radius 2 is 2.00 bits per heavy atom. The molecule has 1 aromatic heterocycles. The molecule has 1 aromatic carbocycles. The van der Waals surface area contributed by atoms with Gasteiger partial charge in [-0.05, 0) is 18.6 Å². The average molecular weight is 214 g/mol. The lowest BCUT2D eigenvalue weighted by molar-refractivity contribution is -0.384. The van der Waals surface area contributed by atoms with E-state index in [2.05, 4.69) is 4.98 Å². The molecule has 0 amide bonds. The third kappa shape index (κ3) is 2.06. The Hall–Kier alpha value is -2.23. The number of pyridine rings is 1. The van der Waals surface area contributed by atoms with Crippen LogP contribution in [0.4, 0.5) is 5.69 Å². The molecule has 0 bridgehead atoms. The fourth-order valence-corrected chi connectivity index (χ4v) is 1.44. The highest BCUT2D eigenvalue weighted by molar-refractivity contribution is 5.65. The van der Waals surface area contributed by atoms with Gasteiger partial charge in [-0.1, -0.05) is 18.2 Å². The predicted octanol–water partition coefficient (Wildman–Crippen LogP) is 2.97. The maximum Gasteiger partial charge on any atom is 0.270 e. The van der Waals surface area contributed by atoms with E-state index >= 15 is 0 Å². The van der Waals surface area contributed by atoms with Crippen LogP contribution in [0.5, 0.6) is 0 Å². The van der Waals surface area contributed by atoms with Crippen LogP contribution >= 0.6 is 0 Å². The lowest BCUT2D eigenvalue weighted by Gasteiger charge is -2.01. The van der Waals surface area contributed by atoms with Crippen LogP contribution in [0.2, 0.25) is 0 Å². The highest BCUT2D eigenvalue weighted by atomic mass is 16.6. The molecule has 1 heterocycles. The van der Waals surface area contributed by atoms with Gasteiger partial charge in [-0.2, -0.15) is 0 Å². The van der Waals surface area contributed by atoms with Gasteiger partial charge >= 0.3 is 0 Å². The summed E-state index contributed by atoms with van der Waals surface area (Å²) in [5.74, 6) is 0. The van der Waals surface area contributed by atoms with Gasteiger partial charge in [0.15, 0.2) is 0 Å². The van der Waals surface area contributed by atoms with Crippen molar-refractivity contribution in [3.05, 3.63) is 58.4 Å². The van der Waals surface area contributed by atoms with Gasteiger partial charge in [-0.15, -0.1) is 0 Å². The van der Waals surface area contributed by atoms with E-state index in [4.69, 9.17) is 0 Å². The molecule has 4 nitrogen and oxygen atoms in total. The van der Waals surface area contributed by atoms with E-state index in [-0.39, 0.29) is 5.69 Å². The van der Waals surface area contributed by atoms with Crippen molar-refractivity contribution in [3.63, 3.8) is 0 Å². The summed E-state index contributed by atoms with van der Waals surface area (Å²) in [5, 5.41) is 10.6. The number of nitrogens with zero attached hydrogens (tertiary/aromatic N) is 2. The molecule has 0 N–H and O–H groups in total. The maximum atomic E-state index is 10.6. The second-order valence-corrected chi connectivity index (χ2v) is 3.50. The number of aromatic nitrogens is 1. The first kappa shape index (κ1) is 10.3. The van der Waals surface area contributed by atoms with E-state index in [0.29, 0.717) is 0 Å². The molecule has 0 aliphatic rings. The van der Waals surface area contributed by atoms with E-state index in [1.54, 1.807) is 18.3 Å². The van der Waals surface area contributed by atoms with Gasteiger partial charge in [-0.25, -0.2) is 0 Å². The molecule has 2 aromatic rings. The normalized spacial score (nSPS) is 10.1. The van der Waals surface area contributed by atoms with E-state index < -0.39 is 4.92 Å². The molecule has 0 unspecified atom stereocenters. The molecule has 2 rings (SSSR count). The van der Waals surface area contributed by atoms with Gasteiger partial charge in [0.25, 0.3) is 5.69 Å². The van der Waals surface area contributed by atoms with Crippen molar-refractivity contribution in [2.45, 2.75) is 6.92 Å². The molecule has 0 radical (unpaired) electrons. The van der Waals surface area contributed by atoms with Gasteiger partial charge in [0.1, 0.15) is 0 Å². The lowest BCUT2D eigenvalue weighted by Crippen LogP contribution is -1.88. The van der Waals surface area contributed by atoms with Crippen molar-refractivity contribution >= 4 is 5.69 Å². The monoisotopic (exact) mass is 214 g/mol. The topological polar surface area (TPSA) is 56.0 Å². The van der Waals surface area contributed by atoms with E-state index in [9.17, 15) is 10.1 Å². The van der Waals surface area contributed by atoms with Crippen molar-refractivity contribution in [1.29, 1.82) is 0 Å². The first-order valence-electron chi connectivity index (χ1n) is 4.84. The Balaban J connectivity index is 2.44. The average Bonchev–Trinajstić information content (AvgIpc) is 2.30. The quantitative estimate of drug-likeness (QED) is 0.570. The zero-order valence-corrected chi connectivity index (χ0v) is 8.75. The summed E-state index contributed by atoms with van der Waals surface area (Å²) < 4.78 is 0. The van der Waals surface area contributed by atoms with Crippen LogP contribution in [-0.2, 0) is 0 Å². The standard InChI is InChI=1S/C12H10N2O2/c1-9-5-6-11(8-13-9)10-3-2-4-12(7-10)14(15)16/h2-8H,1H3. The molecule has 16 heavy (non-hydrogen) atoms. The maximum absolute atomic E-state index is 10.6. The fourth-order valence-electron chi connectivity index (χ4n) is 1.44. The SMILES string of the molecule is Cc1ccc(-c2cccc([N+](=O)[O-])c2)cn1. The minimum absolute atomic E-state index is 0.0954. The van der Waals surface area contributed by atoms with Crippen LogP contribution in [0.3, 0.4) is 0 Å². The molecule has 0 fully saturated rings. The molecular formula is C12H10N2O2. The molecule has 4 heteroatoms. The van der Waals surface area contributed by atoms with Gasteiger partial charge in [-0.3, -0.25) is 15.1 Å². The summed E-state index contributed by atoms with van der Waals surface area (Å²) in [4.78, 5) is 14.4. The minimum Gasteiger partial charge on any atom is -0.261 e. The summed E-state index contributed by atoms with van der Waals surface area (Å²) in [6, 6.07) is 10.3. The van der Waals surface area contributed by atoms with Crippen LogP contribution in [0.25, 0.3) is 11.1 Å². The summed E-state index contributed by atoms with van der Waals surface area (Å²) in [6.45, 7) is 1.90. The Morgan fingerprint density at radius 3 is 2.62 bits per heavy atom. The van der Waals surface area contributed by atoms with Crippen LogP contribution in [0, 0.1) is 17.0 Å². The number of hydrogen-bond acceptors (Lipinski definition) is 3. The van der Waals surface area contributed by atoms with Crippen LogP contribution < -0.4 is 0 Å². The highest BCUT2D eigenvalue weighted by Gasteiger charge is 2.06. The second-order valence-electron chi connectivity index (χ2n) is 3.50. The molecule has 0 aliphatic carbocycles. The molecule has 0 atom stereocenters. The molecule has 0 aliphatic heterocycles. The van der Waals surface area contributed by atoms with E-state index in [0.717, 1.165) is 16.8 Å². The third-order valence-corrected chi connectivity index (χ3v) is 2.30. The van der Waals surface area contributed by atoms with E-state index in [1.807, 2.05) is 25.1 Å². The Kier molecular flexibility index (Phi) is 2.64. The number of nitro benzene ring substituents is 1. The number of rotatable bonds is 2. The second kappa shape index (κ2) is 4.10. The van der Waals surface area contributed by atoms with E-state index in [1.165, 1.54) is 6.07 Å². The van der Waals surface area contributed by atoms with Gasteiger partial charge in [0.2, 0.25) is 0 Å². The summed E-state index contributed by atoms with van der Waals surface area (Å²) in [7, 11) is 0. The number of hydrogen-bond donors (Lipinski definition) is 0. The van der Waals surface area contributed by atoms with Gasteiger partial charge < -0.3 is 0 Å². The Morgan fingerprint density at radius 1 is 1.19 bits per heavy atom. The zero-order valence-electron chi connectivity index (χ0n) is 8.75. The van der Waals surface area contributed by atoms with Crippen molar-refractivity contribution < 1.29 is 4.92 Å². The molecular weight excluding hydrogens is 204 g/mol. The van der Waals surface area contributed by atoms with Crippen molar-refractivity contribution in [3.8, 4) is 11.1 Å². The first-order chi connectivity index (χ1) is 7.66. The predicted molar refractivity (Wildman–Crippen MR) is 61.1 cm³/mol. The molecule has 0 saturated carbocycles. The molecule has 80 valence electrons. The summed E-state index contributed by atoms with van der Waals surface area (Å²) in [5.41, 5.74) is 2.71. The number of non-ortho nitro benzene ring substituents is 1. The fraction of sp³-hybridized carbons (Fsp3) is 0.0833. The lowest BCUT2D eigenvalue weighted by atomic mass is 10.1. The summed E-state index contributed by atoms with van der Waals surface area (Å²) >= 11 is 0. The third-order valence-electron chi connectivity index (χ3n) is 2.30. The zero-order chi connectivity index (χ0) is 11.5. The number of benzene rings is 1. The van der Waals surface area contributed by atoms with Gasteiger partial charge in [0, 0.05) is 29.6 Å². The van der Waals surface area contributed by atoms with Gasteiger partial charge in [0.05, 0.1) is 4.92 Å². The number of nitro groups is 1. The number of aryl methyl sites for hydroxylation is 1. The highest BCUT2D eigenvalue weighted by Crippen LogP contribution is 2.22.